The third kappa shape index (κ3) is 5.50. The summed E-state index contributed by atoms with van der Waals surface area (Å²) in [6, 6.07) is 6.40. The van der Waals surface area contributed by atoms with Gasteiger partial charge in [-0.25, -0.2) is 9.59 Å². The van der Waals surface area contributed by atoms with E-state index in [-0.39, 0.29) is 0 Å². The summed E-state index contributed by atoms with van der Waals surface area (Å²) in [6.45, 7) is -0.911. The Morgan fingerprint density at radius 3 is 2.28 bits per heavy atom. The summed E-state index contributed by atoms with van der Waals surface area (Å²) >= 11 is 0. The van der Waals surface area contributed by atoms with Crippen molar-refractivity contribution in [2.75, 3.05) is 13.2 Å². The third-order valence-electron chi connectivity index (χ3n) is 1.71. The van der Waals surface area contributed by atoms with Crippen LogP contribution in [0.1, 0.15) is 5.56 Å². The Morgan fingerprint density at radius 1 is 1.11 bits per heavy atom. The van der Waals surface area contributed by atoms with Crippen LogP contribution in [-0.2, 0) is 14.4 Å². The minimum absolute atomic E-state index is 0.408. The number of aliphatic carboxylic acids is 2. The average molecular weight is 253 g/mol. The molecule has 0 fully saturated rings. The molecule has 18 heavy (non-hydrogen) atoms. The molecule has 0 amide bonds. The first-order chi connectivity index (χ1) is 8.58. The number of ether oxygens (including phenoxy) is 1. The van der Waals surface area contributed by atoms with E-state index in [4.69, 9.17) is 14.9 Å². The van der Waals surface area contributed by atoms with Crippen LogP contribution in [-0.4, -0.2) is 41.6 Å². The third-order valence-corrected chi connectivity index (χ3v) is 1.71. The van der Waals surface area contributed by atoms with E-state index in [0.717, 1.165) is 0 Å². The van der Waals surface area contributed by atoms with E-state index in [0.29, 0.717) is 11.3 Å². The molecule has 1 aromatic carbocycles. The topological polar surface area (TPSA) is 105 Å². The van der Waals surface area contributed by atoms with Crippen molar-refractivity contribution in [3.63, 3.8) is 0 Å². The summed E-state index contributed by atoms with van der Waals surface area (Å²) < 4.78 is 4.93. The Hall–Kier alpha value is -2.57. The lowest BCUT2D eigenvalue weighted by atomic mass is 10.2. The Bertz CT molecular complexity index is 439. The zero-order valence-electron chi connectivity index (χ0n) is 9.28. The monoisotopic (exact) mass is 253 g/mol. The molecule has 7 heteroatoms. The van der Waals surface area contributed by atoms with Crippen molar-refractivity contribution in [2.45, 2.75) is 0 Å². The minimum atomic E-state index is -1.11. The first-order valence-electron chi connectivity index (χ1n) is 4.89. The molecular formula is C11H11NO6. The van der Waals surface area contributed by atoms with E-state index < -0.39 is 25.2 Å². The number of oxime groups is 1. The smallest absolute Gasteiger partial charge is 0.344 e. The van der Waals surface area contributed by atoms with Crippen molar-refractivity contribution in [3.8, 4) is 5.75 Å². The molecule has 96 valence electrons. The quantitative estimate of drug-likeness (QED) is 0.544. The molecule has 0 aromatic heterocycles. The molecule has 0 radical (unpaired) electrons. The lowest BCUT2D eigenvalue weighted by Crippen LogP contribution is -2.09. The first-order valence-corrected chi connectivity index (χ1v) is 4.89. The van der Waals surface area contributed by atoms with E-state index in [9.17, 15) is 9.59 Å². The molecule has 0 saturated heterocycles. The zero-order chi connectivity index (χ0) is 13.4. The summed E-state index contributed by atoms with van der Waals surface area (Å²) in [5.41, 5.74) is 0.670. The highest BCUT2D eigenvalue weighted by molar-refractivity contribution is 5.79. The number of hydrogen-bond acceptors (Lipinski definition) is 5. The van der Waals surface area contributed by atoms with Crippen molar-refractivity contribution >= 4 is 18.2 Å². The summed E-state index contributed by atoms with van der Waals surface area (Å²) in [5, 5.41) is 20.1. The molecule has 0 aliphatic heterocycles. The minimum Gasteiger partial charge on any atom is -0.482 e. The summed E-state index contributed by atoms with van der Waals surface area (Å²) in [6.07, 6.45) is 1.34. The van der Waals surface area contributed by atoms with Gasteiger partial charge in [0.25, 0.3) is 0 Å². The van der Waals surface area contributed by atoms with E-state index >= 15 is 0 Å². The lowest BCUT2D eigenvalue weighted by molar-refractivity contribution is -0.142. The predicted molar refractivity (Wildman–Crippen MR) is 60.8 cm³/mol. The fourth-order valence-electron chi connectivity index (χ4n) is 0.986. The van der Waals surface area contributed by atoms with Gasteiger partial charge in [-0.05, 0) is 29.8 Å². The first kappa shape index (κ1) is 13.5. The largest absolute Gasteiger partial charge is 0.482 e. The van der Waals surface area contributed by atoms with Crippen LogP contribution in [0.5, 0.6) is 5.75 Å². The van der Waals surface area contributed by atoms with Crippen LogP contribution in [0.3, 0.4) is 0 Å². The Morgan fingerprint density at radius 2 is 1.72 bits per heavy atom. The maximum Gasteiger partial charge on any atom is 0.344 e. The van der Waals surface area contributed by atoms with Crippen LogP contribution in [0.15, 0.2) is 29.4 Å². The molecule has 1 rings (SSSR count). The Labute approximate surface area is 102 Å². The van der Waals surface area contributed by atoms with Crippen molar-refractivity contribution < 1.29 is 29.4 Å². The fraction of sp³-hybridized carbons (Fsp3) is 0.182. The second-order valence-electron chi connectivity index (χ2n) is 3.15. The van der Waals surface area contributed by atoms with Gasteiger partial charge < -0.3 is 19.8 Å². The summed E-state index contributed by atoms with van der Waals surface area (Å²) in [7, 11) is 0. The van der Waals surface area contributed by atoms with Gasteiger partial charge in [0.2, 0.25) is 6.61 Å². The van der Waals surface area contributed by atoms with Crippen molar-refractivity contribution in [1.82, 2.24) is 0 Å². The SMILES string of the molecule is O=C(O)CO/N=C/c1ccc(OCC(=O)O)cc1. The number of carboxylic acid groups (broad SMARTS) is 2. The van der Waals surface area contributed by atoms with Crippen LogP contribution < -0.4 is 4.74 Å². The van der Waals surface area contributed by atoms with E-state index in [2.05, 4.69) is 9.99 Å². The summed E-state index contributed by atoms with van der Waals surface area (Å²) in [4.78, 5) is 24.8. The molecule has 7 nitrogen and oxygen atoms in total. The predicted octanol–water partition coefficient (Wildman–Crippen LogP) is 0.585. The van der Waals surface area contributed by atoms with Crippen molar-refractivity contribution in [2.24, 2.45) is 5.16 Å². The van der Waals surface area contributed by atoms with Crippen LogP contribution in [0.4, 0.5) is 0 Å². The number of nitrogens with zero attached hydrogens (tertiary/aromatic N) is 1. The molecule has 0 bridgehead atoms. The van der Waals surface area contributed by atoms with Gasteiger partial charge in [0, 0.05) is 0 Å². The van der Waals surface area contributed by atoms with E-state index in [1.807, 2.05) is 0 Å². The zero-order valence-corrected chi connectivity index (χ0v) is 9.28. The molecule has 2 N–H and O–H groups in total. The standard InChI is InChI=1S/C11H11NO6/c13-10(14)6-17-9-3-1-8(2-4-9)5-12-18-7-11(15)16/h1-5H,6-7H2,(H,13,14)(H,15,16)/b12-5+. The second-order valence-corrected chi connectivity index (χ2v) is 3.15. The number of carbonyl (C=O) groups is 2. The van der Waals surface area contributed by atoms with Crippen LogP contribution in [0, 0.1) is 0 Å². The van der Waals surface area contributed by atoms with Gasteiger partial charge in [0.1, 0.15) is 5.75 Å². The normalized spacial score (nSPS) is 10.2. The lowest BCUT2D eigenvalue weighted by Gasteiger charge is -2.02. The molecule has 1 aromatic rings. The molecule has 0 heterocycles. The Balaban J connectivity index is 2.44. The second kappa shape index (κ2) is 6.89. The fourth-order valence-corrected chi connectivity index (χ4v) is 0.986. The number of carboxylic acids is 2. The van der Waals surface area contributed by atoms with Gasteiger partial charge in [0.15, 0.2) is 6.61 Å². The van der Waals surface area contributed by atoms with Crippen LogP contribution in [0.25, 0.3) is 0 Å². The molecule has 0 spiro atoms. The average Bonchev–Trinajstić information content (AvgIpc) is 2.33. The molecule has 0 saturated carbocycles. The van der Waals surface area contributed by atoms with Gasteiger partial charge in [-0.3, -0.25) is 0 Å². The van der Waals surface area contributed by atoms with Crippen molar-refractivity contribution in [3.05, 3.63) is 29.8 Å². The maximum absolute atomic E-state index is 10.3. The molecule has 0 unspecified atom stereocenters. The molecule has 0 aliphatic carbocycles. The van der Waals surface area contributed by atoms with E-state index in [1.54, 1.807) is 24.3 Å². The van der Waals surface area contributed by atoms with E-state index in [1.165, 1.54) is 6.21 Å². The number of benzene rings is 1. The van der Waals surface area contributed by atoms with Crippen LogP contribution >= 0.6 is 0 Å². The van der Waals surface area contributed by atoms with Gasteiger partial charge in [-0.2, -0.15) is 0 Å². The molecule has 0 aliphatic rings. The van der Waals surface area contributed by atoms with Gasteiger partial charge in [0.05, 0.1) is 6.21 Å². The molecular weight excluding hydrogens is 242 g/mol. The van der Waals surface area contributed by atoms with Gasteiger partial charge in [-0.1, -0.05) is 5.16 Å². The highest BCUT2D eigenvalue weighted by Gasteiger charge is 1.99. The number of hydrogen-bond donors (Lipinski definition) is 2. The number of rotatable bonds is 7. The highest BCUT2D eigenvalue weighted by atomic mass is 16.6. The summed E-state index contributed by atoms with van der Waals surface area (Å²) in [5.74, 6) is -1.74. The van der Waals surface area contributed by atoms with Crippen molar-refractivity contribution in [1.29, 1.82) is 0 Å². The van der Waals surface area contributed by atoms with Gasteiger partial charge >= 0.3 is 11.9 Å². The Kier molecular flexibility index (Phi) is 5.17. The maximum atomic E-state index is 10.3. The molecule has 0 atom stereocenters. The van der Waals surface area contributed by atoms with Gasteiger partial charge in [-0.15, -0.1) is 0 Å². The highest BCUT2D eigenvalue weighted by Crippen LogP contribution is 2.10. The van der Waals surface area contributed by atoms with Crippen LogP contribution in [0.2, 0.25) is 0 Å².